The minimum absolute atomic E-state index is 0.0249. The predicted molar refractivity (Wildman–Crippen MR) is 101 cm³/mol. The van der Waals surface area contributed by atoms with E-state index < -0.39 is 11.7 Å². The molecule has 4 nitrogen and oxygen atoms in total. The van der Waals surface area contributed by atoms with Gasteiger partial charge in [0.25, 0.3) is 0 Å². The van der Waals surface area contributed by atoms with Gasteiger partial charge in [0, 0.05) is 23.6 Å². The van der Waals surface area contributed by atoms with E-state index in [1.165, 1.54) is 4.57 Å². The quantitative estimate of drug-likeness (QED) is 0.507. The number of ether oxygens (including phenoxy) is 1. The average molecular weight is 341 g/mol. The van der Waals surface area contributed by atoms with Gasteiger partial charge in [-0.05, 0) is 39.2 Å². The van der Waals surface area contributed by atoms with E-state index in [1.807, 2.05) is 51.1 Å². The van der Waals surface area contributed by atoms with Gasteiger partial charge in [-0.25, -0.2) is 4.79 Å². The molecule has 0 saturated carbocycles. The van der Waals surface area contributed by atoms with Gasteiger partial charge in [0.2, 0.25) is 0 Å². The van der Waals surface area contributed by atoms with E-state index in [-0.39, 0.29) is 11.7 Å². The van der Waals surface area contributed by atoms with Crippen molar-refractivity contribution in [1.29, 1.82) is 0 Å². The van der Waals surface area contributed by atoms with Gasteiger partial charge in [-0.1, -0.05) is 37.6 Å². The van der Waals surface area contributed by atoms with Crippen molar-refractivity contribution in [1.82, 2.24) is 4.57 Å². The second-order valence-corrected chi connectivity index (χ2v) is 7.32. The Hall–Kier alpha value is -2.36. The summed E-state index contributed by atoms with van der Waals surface area (Å²) in [4.78, 5) is 25.3. The highest BCUT2D eigenvalue weighted by molar-refractivity contribution is 6.10. The van der Waals surface area contributed by atoms with E-state index in [1.54, 1.807) is 6.20 Å². The minimum atomic E-state index is -0.596. The molecular formula is C21H27NO3. The van der Waals surface area contributed by atoms with Crippen molar-refractivity contribution < 1.29 is 14.3 Å². The zero-order valence-corrected chi connectivity index (χ0v) is 15.5. The molecule has 2 aromatic rings. The Balaban J connectivity index is 2.40. The van der Waals surface area contributed by atoms with Crippen LogP contribution < -0.4 is 0 Å². The van der Waals surface area contributed by atoms with Gasteiger partial charge in [-0.3, -0.25) is 9.36 Å². The molecule has 0 aliphatic rings. The Morgan fingerprint density at radius 1 is 1.28 bits per heavy atom. The number of ketones is 1. The van der Waals surface area contributed by atoms with Crippen molar-refractivity contribution in [2.75, 3.05) is 0 Å². The number of aromatic nitrogens is 1. The molecule has 4 heteroatoms. The van der Waals surface area contributed by atoms with Crippen LogP contribution in [0.4, 0.5) is 4.79 Å². The van der Waals surface area contributed by atoms with Crippen molar-refractivity contribution in [2.45, 2.75) is 52.6 Å². The van der Waals surface area contributed by atoms with E-state index in [0.29, 0.717) is 17.5 Å². The molecule has 0 N–H and O–H groups in total. The van der Waals surface area contributed by atoms with E-state index in [4.69, 9.17) is 4.74 Å². The van der Waals surface area contributed by atoms with Crippen LogP contribution in [-0.4, -0.2) is 22.0 Å². The molecule has 0 saturated heterocycles. The van der Waals surface area contributed by atoms with Crippen LogP contribution in [0.2, 0.25) is 0 Å². The smallest absolute Gasteiger partial charge is 0.419 e. The Kier molecular flexibility index (Phi) is 5.83. The normalized spacial score (nSPS) is 12.8. The van der Waals surface area contributed by atoms with Gasteiger partial charge in [-0.2, -0.15) is 0 Å². The minimum Gasteiger partial charge on any atom is -0.443 e. The largest absolute Gasteiger partial charge is 0.443 e. The second kappa shape index (κ2) is 7.68. The lowest BCUT2D eigenvalue weighted by molar-refractivity contribution is 0.0544. The third-order valence-corrected chi connectivity index (χ3v) is 4.04. The number of carbonyl (C=O) groups excluding carboxylic acids is 2. The summed E-state index contributed by atoms with van der Waals surface area (Å²) in [6.07, 6.45) is 5.31. The summed E-state index contributed by atoms with van der Waals surface area (Å²) in [5.41, 5.74) is 0.650. The number of hydrogen-bond donors (Lipinski definition) is 0. The second-order valence-electron chi connectivity index (χ2n) is 7.32. The molecule has 0 amide bonds. The maximum absolute atomic E-state index is 12.8. The molecule has 1 aromatic carbocycles. The molecule has 0 radical (unpaired) electrons. The summed E-state index contributed by atoms with van der Waals surface area (Å²) >= 11 is 0. The molecule has 0 aliphatic heterocycles. The lowest BCUT2D eigenvalue weighted by Gasteiger charge is -2.19. The Morgan fingerprint density at radius 2 is 1.96 bits per heavy atom. The Labute approximate surface area is 149 Å². The SMILES string of the molecule is C=C[C@@H](CCC)CC(=O)c1cn(C(=O)OC(C)(C)C)c2ccccc12. The summed E-state index contributed by atoms with van der Waals surface area (Å²) in [5, 5.41) is 0.776. The molecule has 0 fully saturated rings. The predicted octanol–water partition coefficient (Wildman–Crippen LogP) is 5.60. The van der Waals surface area contributed by atoms with Crippen LogP contribution in [0.25, 0.3) is 10.9 Å². The Bertz CT molecular complexity index is 780. The van der Waals surface area contributed by atoms with E-state index in [0.717, 1.165) is 18.2 Å². The molecule has 2 rings (SSSR count). The lowest BCUT2D eigenvalue weighted by atomic mass is 9.94. The van der Waals surface area contributed by atoms with Crippen LogP contribution in [0.3, 0.4) is 0 Å². The van der Waals surface area contributed by atoms with Crippen LogP contribution in [0.5, 0.6) is 0 Å². The fraction of sp³-hybridized carbons (Fsp3) is 0.429. The van der Waals surface area contributed by atoms with E-state index in [2.05, 4.69) is 13.5 Å². The van der Waals surface area contributed by atoms with Gasteiger partial charge in [0.1, 0.15) is 5.60 Å². The topological polar surface area (TPSA) is 48.3 Å². The Morgan fingerprint density at radius 3 is 2.56 bits per heavy atom. The van der Waals surface area contributed by atoms with Crippen molar-refractivity contribution >= 4 is 22.8 Å². The zero-order chi connectivity index (χ0) is 18.6. The third-order valence-electron chi connectivity index (χ3n) is 4.04. The number of nitrogens with zero attached hydrogens (tertiary/aromatic N) is 1. The number of carbonyl (C=O) groups is 2. The summed E-state index contributed by atoms with van der Waals surface area (Å²) in [6.45, 7) is 11.4. The van der Waals surface area contributed by atoms with Gasteiger partial charge in [-0.15, -0.1) is 6.58 Å². The van der Waals surface area contributed by atoms with Crippen LogP contribution in [0, 0.1) is 5.92 Å². The van der Waals surface area contributed by atoms with Crippen LogP contribution in [0.15, 0.2) is 43.1 Å². The number of benzene rings is 1. The number of allylic oxidation sites excluding steroid dienone is 1. The number of Topliss-reactive ketones (excluding diaryl/α,β-unsaturated/α-hetero) is 1. The average Bonchev–Trinajstić information content (AvgIpc) is 2.92. The van der Waals surface area contributed by atoms with Crippen molar-refractivity contribution in [3.63, 3.8) is 0 Å². The monoisotopic (exact) mass is 341 g/mol. The van der Waals surface area contributed by atoms with Gasteiger partial charge in [0.05, 0.1) is 5.52 Å². The third kappa shape index (κ3) is 4.59. The first-order valence-electron chi connectivity index (χ1n) is 8.76. The number of fused-ring (bicyclic) bond motifs is 1. The number of para-hydroxylation sites is 1. The molecule has 1 atom stereocenters. The molecule has 25 heavy (non-hydrogen) atoms. The zero-order valence-electron chi connectivity index (χ0n) is 15.5. The van der Waals surface area contributed by atoms with E-state index in [9.17, 15) is 9.59 Å². The van der Waals surface area contributed by atoms with Crippen LogP contribution >= 0.6 is 0 Å². The summed E-state index contributed by atoms with van der Waals surface area (Å²) in [6, 6.07) is 7.41. The molecule has 134 valence electrons. The first kappa shape index (κ1) is 19.0. The van der Waals surface area contributed by atoms with Gasteiger partial charge >= 0.3 is 6.09 Å². The maximum atomic E-state index is 12.8. The molecule has 0 spiro atoms. The summed E-state index contributed by atoms with van der Waals surface area (Å²) in [7, 11) is 0. The van der Waals surface area contributed by atoms with Crippen LogP contribution in [0.1, 0.15) is 57.3 Å². The molecular weight excluding hydrogens is 314 g/mol. The highest BCUT2D eigenvalue weighted by Crippen LogP contribution is 2.26. The van der Waals surface area contributed by atoms with E-state index >= 15 is 0 Å². The highest BCUT2D eigenvalue weighted by atomic mass is 16.6. The van der Waals surface area contributed by atoms with Crippen molar-refractivity contribution in [3.8, 4) is 0 Å². The molecule has 0 aliphatic carbocycles. The van der Waals surface area contributed by atoms with Gasteiger partial charge < -0.3 is 4.74 Å². The first-order chi connectivity index (χ1) is 11.8. The number of rotatable bonds is 6. The van der Waals surface area contributed by atoms with Gasteiger partial charge in [0.15, 0.2) is 5.78 Å². The molecule has 0 bridgehead atoms. The lowest BCUT2D eigenvalue weighted by Crippen LogP contribution is -2.26. The number of hydrogen-bond acceptors (Lipinski definition) is 3. The summed E-state index contributed by atoms with van der Waals surface area (Å²) in [5.74, 6) is 0.179. The fourth-order valence-electron chi connectivity index (χ4n) is 2.89. The fourth-order valence-corrected chi connectivity index (χ4v) is 2.89. The van der Waals surface area contributed by atoms with Crippen molar-refractivity contribution in [3.05, 3.63) is 48.7 Å². The maximum Gasteiger partial charge on any atom is 0.419 e. The molecule has 0 unspecified atom stereocenters. The van der Waals surface area contributed by atoms with Crippen LogP contribution in [-0.2, 0) is 4.74 Å². The summed E-state index contributed by atoms with van der Waals surface area (Å²) < 4.78 is 6.89. The molecule has 1 aromatic heterocycles. The highest BCUT2D eigenvalue weighted by Gasteiger charge is 2.23. The standard InChI is InChI=1S/C21H27NO3/c1-6-10-15(7-2)13-19(23)17-14-22(20(24)25-21(3,4)5)18-12-9-8-11-16(17)18/h7-9,11-12,14-15H,2,6,10,13H2,1,3-5H3/t15-/m0/s1. The first-order valence-corrected chi connectivity index (χ1v) is 8.76. The molecule has 1 heterocycles. The van der Waals surface area contributed by atoms with Crippen molar-refractivity contribution in [2.24, 2.45) is 5.92 Å².